The Bertz CT molecular complexity index is 1150. The van der Waals surface area contributed by atoms with Gasteiger partial charge in [0.2, 0.25) is 5.96 Å². The molecule has 0 unspecified atom stereocenters. The first-order valence-electron chi connectivity index (χ1n) is 11.9. The van der Waals surface area contributed by atoms with Gasteiger partial charge in [-0.05, 0) is 74.9 Å². The second-order valence-corrected chi connectivity index (χ2v) is 9.72. The fourth-order valence-corrected chi connectivity index (χ4v) is 3.87. The van der Waals surface area contributed by atoms with E-state index in [2.05, 4.69) is 50.4 Å². The molecule has 0 aliphatic carbocycles. The lowest BCUT2D eigenvalue weighted by Gasteiger charge is -2.19. The Kier molecular flexibility index (Phi) is 7.92. The monoisotopic (exact) mass is 459 g/mol. The van der Waals surface area contributed by atoms with Gasteiger partial charge < -0.3 is 5.32 Å². The highest BCUT2D eigenvalue weighted by atomic mass is 16.1. The van der Waals surface area contributed by atoms with Gasteiger partial charge in [-0.2, -0.15) is 5.10 Å². The van der Waals surface area contributed by atoms with Crippen LogP contribution in [0.5, 0.6) is 0 Å². The molecular weight excluding hydrogens is 422 g/mol. The van der Waals surface area contributed by atoms with E-state index in [1.807, 2.05) is 67.1 Å². The van der Waals surface area contributed by atoms with E-state index in [1.165, 1.54) is 22.4 Å². The lowest BCUT2D eigenvalue weighted by molar-refractivity contribution is 0.0977. The molecule has 0 fully saturated rings. The second kappa shape index (κ2) is 10.7. The minimum Gasteiger partial charge on any atom is -0.326 e. The van der Waals surface area contributed by atoms with Crippen molar-refractivity contribution in [1.29, 1.82) is 0 Å². The van der Waals surface area contributed by atoms with Crippen LogP contribution in [0, 0.1) is 20.8 Å². The maximum atomic E-state index is 13.0. The van der Waals surface area contributed by atoms with Crippen molar-refractivity contribution in [1.82, 2.24) is 15.1 Å². The first-order chi connectivity index (χ1) is 16.1. The average molecular weight is 460 g/mol. The van der Waals surface area contributed by atoms with Crippen LogP contribution in [-0.2, 0) is 18.4 Å². The number of carbonyl (C=O) groups is 1. The van der Waals surface area contributed by atoms with Crippen molar-refractivity contribution in [2.24, 2.45) is 4.99 Å². The molecule has 0 saturated carbocycles. The summed E-state index contributed by atoms with van der Waals surface area (Å²) < 4.78 is 2.02. The molecule has 2 aromatic carbocycles. The van der Waals surface area contributed by atoms with Gasteiger partial charge >= 0.3 is 0 Å². The van der Waals surface area contributed by atoms with Crippen molar-refractivity contribution in [2.75, 3.05) is 11.9 Å². The number of hydrogen-bond acceptors (Lipinski definition) is 3. The third-order valence-corrected chi connectivity index (χ3v) is 6.02. The van der Waals surface area contributed by atoms with Gasteiger partial charge in [-0.3, -0.25) is 19.8 Å². The number of carbonyl (C=O) groups excluding carboxylic acids is 1. The van der Waals surface area contributed by atoms with Crippen LogP contribution in [0.1, 0.15) is 66.1 Å². The summed E-state index contributed by atoms with van der Waals surface area (Å²) >= 11 is 0. The molecule has 0 bridgehead atoms. The average Bonchev–Trinajstić information content (AvgIpc) is 3.07. The van der Waals surface area contributed by atoms with Crippen molar-refractivity contribution >= 4 is 17.6 Å². The summed E-state index contributed by atoms with van der Waals surface area (Å²) in [6.07, 6.45) is 0.757. The number of benzene rings is 2. The van der Waals surface area contributed by atoms with Crippen molar-refractivity contribution in [3.8, 4) is 0 Å². The number of aryl methyl sites for hydroxylation is 3. The van der Waals surface area contributed by atoms with Crippen molar-refractivity contribution in [2.45, 2.75) is 66.8 Å². The molecule has 3 aromatic rings. The van der Waals surface area contributed by atoms with Gasteiger partial charge in [0.25, 0.3) is 5.91 Å². The molecule has 0 radical (unpaired) electrons. The van der Waals surface area contributed by atoms with Gasteiger partial charge in [0.1, 0.15) is 0 Å². The van der Waals surface area contributed by atoms with Crippen molar-refractivity contribution in [3.05, 3.63) is 82.2 Å². The molecule has 6 heteroatoms. The Hall–Kier alpha value is -3.41. The number of anilines is 1. The first kappa shape index (κ1) is 25.2. The lowest BCUT2D eigenvalue weighted by Crippen LogP contribution is -2.36. The van der Waals surface area contributed by atoms with E-state index in [-0.39, 0.29) is 11.3 Å². The molecule has 2 N–H and O–H groups in total. The molecule has 1 heterocycles. The van der Waals surface area contributed by atoms with Gasteiger partial charge in [-0.15, -0.1) is 0 Å². The molecule has 0 atom stereocenters. The molecule has 180 valence electrons. The molecule has 0 aliphatic rings. The Morgan fingerprint density at radius 2 is 1.65 bits per heavy atom. The van der Waals surface area contributed by atoms with Crippen LogP contribution in [0.3, 0.4) is 0 Å². The number of aromatic nitrogens is 2. The van der Waals surface area contributed by atoms with E-state index in [1.54, 1.807) is 0 Å². The summed E-state index contributed by atoms with van der Waals surface area (Å²) in [6.45, 7) is 16.1. The summed E-state index contributed by atoms with van der Waals surface area (Å²) in [7, 11) is 0. The normalized spacial score (nSPS) is 12.0. The van der Waals surface area contributed by atoms with Gasteiger partial charge in [0.15, 0.2) is 0 Å². The van der Waals surface area contributed by atoms with Crippen LogP contribution in [-0.4, -0.2) is 28.2 Å². The predicted molar refractivity (Wildman–Crippen MR) is 141 cm³/mol. The molecule has 0 aliphatic heterocycles. The van der Waals surface area contributed by atoms with Crippen molar-refractivity contribution < 1.29 is 4.79 Å². The van der Waals surface area contributed by atoms with Crippen LogP contribution in [0.25, 0.3) is 0 Å². The molecule has 34 heavy (non-hydrogen) atoms. The molecule has 3 rings (SSSR count). The van der Waals surface area contributed by atoms with Crippen LogP contribution >= 0.6 is 0 Å². The number of aliphatic imine (C=N–C) groups is 1. The van der Waals surface area contributed by atoms with Gasteiger partial charge in [-0.1, -0.05) is 50.6 Å². The summed E-state index contributed by atoms with van der Waals surface area (Å²) in [4.78, 5) is 17.7. The van der Waals surface area contributed by atoms with Gasteiger partial charge in [0, 0.05) is 30.0 Å². The number of hydrogen-bond donors (Lipinski definition) is 2. The Balaban J connectivity index is 1.78. The number of amides is 1. The summed E-state index contributed by atoms with van der Waals surface area (Å²) in [5.41, 5.74) is 7.29. The second-order valence-electron chi connectivity index (χ2n) is 9.72. The third-order valence-electron chi connectivity index (χ3n) is 6.02. The summed E-state index contributed by atoms with van der Waals surface area (Å²) in [5, 5.41) is 10.8. The van der Waals surface area contributed by atoms with E-state index < -0.39 is 0 Å². The first-order valence-corrected chi connectivity index (χ1v) is 11.9. The molecular formula is C28H37N5O. The third kappa shape index (κ3) is 6.34. The number of rotatable bonds is 6. The SMILES string of the molecule is CCn1nc(C)c(CCN=C(NC(=O)c2ccc(C(C)(C)C)cc2)Nc2ccc(C)cc2)c1C. The highest BCUT2D eigenvalue weighted by Gasteiger charge is 2.15. The Labute approximate surface area is 203 Å². The number of guanidine groups is 1. The van der Waals surface area contributed by atoms with Crippen molar-refractivity contribution in [3.63, 3.8) is 0 Å². The zero-order chi connectivity index (χ0) is 24.9. The maximum Gasteiger partial charge on any atom is 0.257 e. The van der Waals surface area contributed by atoms with Crippen LogP contribution < -0.4 is 10.6 Å². The van der Waals surface area contributed by atoms with Crippen LogP contribution in [0.2, 0.25) is 0 Å². The van der Waals surface area contributed by atoms with Gasteiger partial charge in [-0.25, -0.2) is 0 Å². The fourth-order valence-electron chi connectivity index (χ4n) is 3.87. The largest absolute Gasteiger partial charge is 0.326 e. The smallest absolute Gasteiger partial charge is 0.257 e. The Morgan fingerprint density at radius 1 is 1.00 bits per heavy atom. The summed E-state index contributed by atoms with van der Waals surface area (Å²) in [6, 6.07) is 15.8. The maximum absolute atomic E-state index is 13.0. The molecule has 6 nitrogen and oxygen atoms in total. The molecule has 1 aromatic heterocycles. The highest BCUT2D eigenvalue weighted by molar-refractivity contribution is 6.10. The topological polar surface area (TPSA) is 71.3 Å². The van der Waals surface area contributed by atoms with Crippen LogP contribution in [0.15, 0.2) is 53.5 Å². The molecule has 0 spiro atoms. The quantitative estimate of drug-likeness (QED) is 0.374. The van der Waals surface area contributed by atoms with Crippen LogP contribution in [0.4, 0.5) is 5.69 Å². The fraction of sp³-hybridized carbons (Fsp3) is 0.393. The standard InChI is InChI=1S/C28H37N5O/c1-8-33-21(4)25(20(3)32-33)17-18-29-27(30-24-15-9-19(2)10-16-24)31-26(34)22-11-13-23(14-12-22)28(5,6)7/h9-16H,8,17-18H2,1-7H3,(H2,29,30,31,34). The van der Waals surface area contributed by atoms with E-state index in [0.29, 0.717) is 18.1 Å². The number of nitrogens with zero attached hydrogens (tertiary/aromatic N) is 3. The zero-order valence-electron chi connectivity index (χ0n) is 21.5. The zero-order valence-corrected chi connectivity index (χ0v) is 21.5. The minimum atomic E-state index is -0.190. The molecule has 0 saturated heterocycles. The minimum absolute atomic E-state index is 0.0382. The van der Waals surface area contributed by atoms with E-state index in [0.717, 1.165) is 24.3 Å². The summed E-state index contributed by atoms with van der Waals surface area (Å²) in [5.74, 6) is 0.247. The van der Waals surface area contributed by atoms with E-state index in [4.69, 9.17) is 4.99 Å². The molecule has 1 amide bonds. The predicted octanol–water partition coefficient (Wildman–Crippen LogP) is 5.57. The lowest BCUT2D eigenvalue weighted by atomic mass is 9.87. The van der Waals surface area contributed by atoms with Gasteiger partial charge in [0.05, 0.1) is 5.69 Å². The highest BCUT2D eigenvalue weighted by Crippen LogP contribution is 2.22. The number of nitrogens with one attached hydrogen (secondary N) is 2. The Morgan fingerprint density at radius 3 is 2.21 bits per heavy atom. The van der Waals surface area contributed by atoms with E-state index in [9.17, 15) is 4.79 Å². The van der Waals surface area contributed by atoms with E-state index >= 15 is 0 Å².